The van der Waals surface area contributed by atoms with E-state index >= 15 is 0 Å². The van der Waals surface area contributed by atoms with Crippen LogP contribution >= 0.6 is 0 Å². The molecule has 0 spiro atoms. The number of nitrogens with zero attached hydrogens (tertiary/aromatic N) is 2. The quantitative estimate of drug-likeness (QED) is 0.773. The molecule has 106 valence electrons. The summed E-state index contributed by atoms with van der Waals surface area (Å²) in [6.07, 6.45) is 2.77. The third-order valence-corrected chi connectivity index (χ3v) is 5.20. The zero-order valence-electron chi connectivity index (χ0n) is 12.5. The molecule has 0 radical (unpaired) electrons. The number of hydrogen-bond donors (Lipinski definition) is 0. The Hall–Kier alpha value is -1.64. The number of allylic oxidation sites excluding steroid dienone is 2. The highest BCUT2D eigenvalue weighted by Gasteiger charge is 2.43. The molecule has 0 fully saturated rings. The van der Waals surface area contributed by atoms with Gasteiger partial charge in [0.1, 0.15) is 0 Å². The molecule has 0 saturated heterocycles. The third-order valence-electron chi connectivity index (χ3n) is 5.20. The predicted molar refractivity (Wildman–Crippen MR) is 80.7 cm³/mol. The highest BCUT2D eigenvalue weighted by atomic mass is 19.1. The van der Waals surface area contributed by atoms with Gasteiger partial charge in [0.15, 0.2) is 0 Å². The van der Waals surface area contributed by atoms with Crippen LogP contribution in [-0.2, 0) is 0 Å². The summed E-state index contributed by atoms with van der Waals surface area (Å²) in [5.74, 6) is 0.963. The average Bonchev–Trinajstić information content (AvgIpc) is 2.88. The molecule has 1 heterocycles. The van der Waals surface area contributed by atoms with E-state index in [4.69, 9.17) is 0 Å². The highest BCUT2D eigenvalue weighted by molar-refractivity contribution is 5.80. The van der Waals surface area contributed by atoms with Crippen molar-refractivity contribution in [1.82, 2.24) is 9.55 Å². The number of halogens is 1. The molecule has 0 amide bonds. The molecule has 2 nitrogen and oxygen atoms in total. The van der Waals surface area contributed by atoms with Crippen LogP contribution in [0.1, 0.15) is 34.1 Å². The van der Waals surface area contributed by atoms with Crippen LogP contribution in [0.5, 0.6) is 0 Å². The van der Waals surface area contributed by atoms with Crippen molar-refractivity contribution in [3.8, 4) is 0 Å². The van der Waals surface area contributed by atoms with E-state index in [1.807, 2.05) is 24.3 Å². The molecule has 20 heavy (non-hydrogen) atoms. The van der Waals surface area contributed by atoms with Crippen LogP contribution in [-0.4, -0.2) is 9.55 Å². The van der Waals surface area contributed by atoms with Crippen molar-refractivity contribution < 1.29 is 4.39 Å². The molecule has 3 rings (SSSR count). The summed E-state index contributed by atoms with van der Waals surface area (Å²) >= 11 is 0. The Morgan fingerprint density at radius 2 is 2.05 bits per heavy atom. The second kappa shape index (κ2) is 4.44. The van der Waals surface area contributed by atoms with Crippen molar-refractivity contribution in [2.24, 2.45) is 17.3 Å². The van der Waals surface area contributed by atoms with Crippen molar-refractivity contribution in [3.63, 3.8) is 0 Å². The fourth-order valence-corrected chi connectivity index (χ4v) is 3.43. The van der Waals surface area contributed by atoms with Crippen molar-refractivity contribution >= 4 is 16.7 Å². The van der Waals surface area contributed by atoms with Gasteiger partial charge in [-0.3, -0.25) is 4.57 Å². The summed E-state index contributed by atoms with van der Waals surface area (Å²) in [6, 6.07) is 7.63. The van der Waals surface area contributed by atoms with Crippen molar-refractivity contribution in [3.05, 3.63) is 36.4 Å². The van der Waals surface area contributed by atoms with Crippen molar-refractivity contribution in [1.29, 1.82) is 0 Å². The second-order valence-electron chi connectivity index (χ2n) is 6.37. The normalized spacial score (nSPS) is 26.5. The first-order valence-electron chi connectivity index (χ1n) is 7.30. The predicted octanol–water partition coefficient (Wildman–Crippen LogP) is 4.72. The molecule has 1 aromatic heterocycles. The zero-order valence-corrected chi connectivity index (χ0v) is 12.5. The van der Waals surface area contributed by atoms with E-state index in [2.05, 4.69) is 38.8 Å². The Balaban J connectivity index is 2.23. The molecule has 1 aliphatic carbocycles. The smallest absolute Gasteiger partial charge is 0.272 e. The Kier molecular flexibility index (Phi) is 2.96. The summed E-state index contributed by atoms with van der Waals surface area (Å²) in [5, 5.41) is 0. The van der Waals surface area contributed by atoms with Crippen LogP contribution in [0.3, 0.4) is 0 Å². The minimum absolute atomic E-state index is 0.0235. The number of imidazole rings is 1. The molecule has 0 aliphatic heterocycles. The highest BCUT2D eigenvalue weighted by Crippen LogP contribution is 2.51. The standard InChI is InChI=1S/C17H21FN2/c1-11(2)17(4)12(3)9-10-15(17)20-14-8-6-5-7-13(14)19-16(20)18/h5-8,10-12H,9H2,1-4H3/t12?,17-/m0/s1. The summed E-state index contributed by atoms with van der Waals surface area (Å²) < 4.78 is 16.1. The molecule has 0 bridgehead atoms. The van der Waals surface area contributed by atoms with Crippen LogP contribution in [0.25, 0.3) is 16.7 Å². The van der Waals surface area contributed by atoms with Crippen LogP contribution < -0.4 is 0 Å². The van der Waals surface area contributed by atoms with E-state index in [0.29, 0.717) is 11.8 Å². The lowest BCUT2D eigenvalue weighted by Crippen LogP contribution is -2.31. The first kappa shape index (κ1) is 13.3. The van der Waals surface area contributed by atoms with Crippen molar-refractivity contribution in [2.45, 2.75) is 34.1 Å². The minimum Gasteiger partial charge on any atom is -0.272 e. The SMILES string of the molecule is CC(C)[C@]1(C)C(n2c(F)nc3ccccc32)=CCC1C. The average molecular weight is 272 g/mol. The fraction of sp³-hybridized carbons (Fsp3) is 0.471. The van der Waals surface area contributed by atoms with Gasteiger partial charge in [-0.05, 0) is 30.4 Å². The van der Waals surface area contributed by atoms with Gasteiger partial charge in [0, 0.05) is 11.1 Å². The number of hydrogen-bond acceptors (Lipinski definition) is 1. The van der Waals surface area contributed by atoms with Gasteiger partial charge in [0.05, 0.1) is 11.0 Å². The molecule has 1 unspecified atom stereocenters. The van der Waals surface area contributed by atoms with E-state index in [1.54, 1.807) is 4.57 Å². The summed E-state index contributed by atoms with van der Waals surface area (Å²) in [6.45, 7) is 8.93. The van der Waals surface area contributed by atoms with Gasteiger partial charge < -0.3 is 0 Å². The van der Waals surface area contributed by atoms with E-state index in [0.717, 1.165) is 23.2 Å². The molecule has 1 aromatic carbocycles. The topological polar surface area (TPSA) is 17.8 Å². The van der Waals surface area contributed by atoms with Gasteiger partial charge in [-0.1, -0.05) is 45.9 Å². The molecular weight excluding hydrogens is 251 g/mol. The number of aromatic nitrogens is 2. The molecular formula is C17H21FN2. The Morgan fingerprint density at radius 1 is 1.35 bits per heavy atom. The second-order valence-corrected chi connectivity index (χ2v) is 6.37. The molecule has 3 heteroatoms. The van der Waals surface area contributed by atoms with Crippen LogP contribution in [0, 0.1) is 23.3 Å². The Morgan fingerprint density at radius 3 is 2.75 bits per heavy atom. The number of fused-ring (bicyclic) bond motifs is 1. The maximum atomic E-state index is 14.4. The first-order chi connectivity index (χ1) is 9.46. The third kappa shape index (κ3) is 1.65. The number of rotatable bonds is 2. The zero-order chi connectivity index (χ0) is 14.5. The van der Waals surface area contributed by atoms with Gasteiger partial charge in [0.25, 0.3) is 6.08 Å². The maximum Gasteiger partial charge on any atom is 0.294 e. The lowest BCUT2D eigenvalue weighted by molar-refractivity contribution is 0.213. The first-order valence-corrected chi connectivity index (χ1v) is 7.30. The van der Waals surface area contributed by atoms with E-state index < -0.39 is 6.08 Å². The monoisotopic (exact) mass is 272 g/mol. The minimum atomic E-state index is -0.404. The summed E-state index contributed by atoms with van der Waals surface area (Å²) in [4.78, 5) is 4.06. The van der Waals surface area contributed by atoms with E-state index in [-0.39, 0.29) is 5.41 Å². The van der Waals surface area contributed by atoms with Gasteiger partial charge >= 0.3 is 0 Å². The molecule has 0 N–H and O–H groups in total. The van der Waals surface area contributed by atoms with E-state index in [1.165, 1.54) is 0 Å². The van der Waals surface area contributed by atoms with Gasteiger partial charge in [-0.25, -0.2) is 4.98 Å². The fourth-order valence-electron chi connectivity index (χ4n) is 3.43. The van der Waals surface area contributed by atoms with Crippen LogP contribution in [0.4, 0.5) is 4.39 Å². The van der Waals surface area contributed by atoms with E-state index in [9.17, 15) is 4.39 Å². The summed E-state index contributed by atoms with van der Waals surface area (Å²) in [7, 11) is 0. The van der Waals surface area contributed by atoms with Crippen LogP contribution in [0.15, 0.2) is 30.3 Å². The largest absolute Gasteiger partial charge is 0.294 e. The van der Waals surface area contributed by atoms with Crippen LogP contribution in [0.2, 0.25) is 0 Å². The molecule has 2 atom stereocenters. The number of benzene rings is 1. The van der Waals surface area contributed by atoms with Crippen molar-refractivity contribution in [2.75, 3.05) is 0 Å². The number of para-hydroxylation sites is 2. The van der Waals surface area contributed by atoms with Gasteiger partial charge in [0.2, 0.25) is 0 Å². The Labute approximate surface area is 119 Å². The summed E-state index contributed by atoms with van der Waals surface area (Å²) in [5.41, 5.74) is 2.62. The van der Waals surface area contributed by atoms with Gasteiger partial charge in [-0.15, -0.1) is 0 Å². The lowest BCUT2D eigenvalue weighted by Gasteiger charge is -2.37. The molecule has 2 aromatic rings. The maximum absolute atomic E-state index is 14.4. The molecule has 1 aliphatic rings. The lowest BCUT2D eigenvalue weighted by atomic mass is 9.70. The van der Waals surface area contributed by atoms with Gasteiger partial charge in [-0.2, -0.15) is 4.39 Å². The molecule has 0 saturated carbocycles. The Bertz CT molecular complexity index is 683.